The van der Waals surface area contributed by atoms with E-state index in [0.717, 1.165) is 0 Å². The van der Waals surface area contributed by atoms with Crippen LogP contribution < -0.4 is 11.1 Å². The summed E-state index contributed by atoms with van der Waals surface area (Å²) in [7, 11) is 0. The van der Waals surface area contributed by atoms with Crippen molar-refractivity contribution in [1.82, 2.24) is 5.32 Å². The van der Waals surface area contributed by atoms with Crippen molar-refractivity contribution in [3.8, 4) is 0 Å². The SMILES string of the molecule is CC(O)CCOC(=O)NC(N)=O. The van der Waals surface area contributed by atoms with Crippen molar-refractivity contribution < 1.29 is 19.4 Å². The number of carbonyl (C=O) groups is 2. The molecule has 0 fully saturated rings. The Morgan fingerprint density at radius 2 is 2.25 bits per heavy atom. The number of nitrogens with two attached hydrogens (primary N) is 1. The Labute approximate surface area is 69.7 Å². The molecule has 0 rings (SSSR count). The molecule has 0 bridgehead atoms. The first-order chi connectivity index (χ1) is 5.52. The highest BCUT2D eigenvalue weighted by Gasteiger charge is 2.04. The number of amides is 3. The summed E-state index contributed by atoms with van der Waals surface area (Å²) in [6.45, 7) is 1.62. The van der Waals surface area contributed by atoms with Gasteiger partial charge in [0.25, 0.3) is 0 Å². The van der Waals surface area contributed by atoms with Gasteiger partial charge in [-0.3, -0.25) is 0 Å². The van der Waals surface area contributed by atoms with Crippen molar-refractivity contribution in [2.45, 2.75) is 19.4 Å². The van der Waals surface area contributed by atoms with Crippen LogP contribution in [0.3, 0.4) is 0 Å². The largest absolute Gasteiger partial charge is 0.449 e. The third kappa shape index (κ3) is 6.81. The molecule has 0 aromatic carbocycles. The quantitative estimate of drug-likeness (QED) is 0.542. The summed E-state index contributed by atoms with van der Waals surface area (Å²) < 4.78 is 4.45. The van der Waals surface area contributed by atoms with Gasteiger partial charge < -0.3 is 15.6 Å². The number of alkyl carbamates (subject to hydrolysis) is 1. The first-order valence-electron chi connectivity index (χ1n) is 3.43. The minimum absolute atomic E-state index is 0.0524. The van der Waals surface area contributed by atoms with E-state index in [2.05, 4.69) is 10.5 Å². The minimum Gasteiger partial charge on any atom is -0.449 e. The average molecular weight is 176 g/mol. The molecule has 0 aromatic rings. The van der Waals surface area contributed by atoms with Crippen LogP contribution >= 0.6 is 0 Å². The molecule has 6 nitrogen and oxygen atoms in total. The molecule has 4 N–H and O–H groups in total. The summed E-state index contributed by atoms with van der Waals surface area (Å²) in [6, 6.07) is -0.961. The molecule has 0 aliphatic carbocycles. The summed E-state index contributed by atoms with van der Waals surface area (Å²) in [4.78, 5) is 20.6. The maximum absolute atomic E-state index is 10.5. The zero-order valence-corrected chi connectivity index (χ0v) is 6.74. The number of hydrogen-bond donors (Lipinski definition) is 3. The van der Waals surface area contributed by atoms with Crippen LogP contribution in [0.15, 0.2) is 0 Å². The van der Waals surface area contributed by atoms with E-state index in [0.29, 0.717) is 6.42 Å². The number of rotatable bonds is 3. The molecule has 0 saturated heterocycles. The van der Waals surface area contributed by atoms with Gasteiger partial charge in [0.05, 0.1) is 12.7 Å². The van der Waals surface area contributed by atoms with Crippen molar-refractivity contribution in [2.24, 2.45) is 5.73 Å². The lowest BCUT2D eigenvalue weighted by Crippen LogP contribution is -2.35. The molecule has 0 heterocycles. The molecule has 0 aliphatic heterocycles. The standard InChI is InChI=1S/C6H12N2O4/c1-4(9)2-3-12-6(11)8-5(7)10/h4,9H,2-3H2,1H3,(H3,7,8,10,11). The predicted molar refractivity (Wildman–Crippen MR) is 40.4 cm³/mol. The van der Waals surface area contributed by atoms with Gasteiger partial charge >= 0.3 is 12.1 Å². The van der Waals surface area contributed by atoms with E-state index in [1.165, 1.54) is 0 Å². The Balaban J connectivity index is 3.38. The van der Waals surface area contributed by atoms with Crippen LogP contribution in [-0.4, -0.2) is 29.9 Å². The molecule has 1 unspecified atom stereocenters. The summed E-state index contributed by atoms with van der Waals surface area (Å²) in [5, 5.41) is 10.5. The number of hydrogen-bond acceptors (Lipinski definition) is 4. The van der Waals surface area contributed by atoms with E-state index in [1.54, 1.807) is 12.2 Å². The average Bonchev–Trinajstić information content (AvgIpc) is 1.84. The molecule has 12 heavy (non-hydrogen) atoms. The number of imide groups is 1. The summed E-state index contributed by atoms with van der Waals surface area (Å²) in [5.74, 6) is 0. The lowest BCUT2D eigenvalue weighted by Gasteiger charge is -2.05. The highest BCUT2D eigenvalue weighted by molar-refractivity contribution is 5.89. The van der Waals surface area contributed by atoms with Crippen LogP contribution in [0.1, 0.15) is 13.3 Å². The fourth-order valence-electron chi connectivity index (χ4n) is 0.459. The van der Waals surface area contributed by atoms with Crippen LogP contribution in [-0.2, 0) is 4.74 Å². The topological polar surface area (TPSA) is 102 Å². The van der Waals surface area contributed by atoms with E-state index in [1.807, 2.05) is 0 Å². The number of carbonyl (C=O) groups excluding carboxylic acids is 2. The fourth-order valence-corrected chi connectivity index (χ4v) is 0.459. The summed E-state index contributed by atoms with van der Waals surface area (Å²) >= 11 is 0. The second-order valence-corrected chi connectivity index (χ2v) is 2.26. The van der Waals surface area contributed by atoms with Crippen LogP contribution in [0.25, 0.3) is 0 Å². The van der Waals surface area contributed by atoms with E-state index >= 15 is 0 Å². The minimum atomic E-state index is -0.961. The second kappa shape index (κ2) is 5.36. The maximum Gasteiger partial charge on any atom is 0.415 e. The van der Waals surface area contributed by atoms with Crippen molar-refractivity contribution in [2.75, 3.05) is 6.61 Å². The lowest BCUT2D eigenvalue weighted by molar-refractivity contribution is 0.115. The van der Waals surface area contributed by atoms with Crippen molar-refractivity contribution in [1.29, 1.82) is 0 Å². The number of aliphatic hydroxyl groups excluding tert-OH is 1. The summed E-state index contributed by atoms with van der Waals surface area (Å²) in [6.07, 6.45) is -1.11. The fraction of sp³-hybridized carbons (Fsp3) is 0.667. The van der Waals surface area contributed by atoms with Gasteiger partial charge in [-0.15, -0.1) is 0 Å². The number of primary amides is 1. The molecule has 3 amide bonds. The Morgan fingerprint density at radius 3 is 2.67 bits per heavy atom. The normalized spacial score (nSPS) is 11.8. The lowest BCUT2D eigenvalue weighted by atomic mass is 10.3. The third-order valence-electron chi connectivity index (χ3n) is 0.994. The molecule has 6 heteroatoms. The Morgan fingerprint density at radius 1 is 1.67 bits per heavy atom. The Bertz CT molecular complexity index is 169. The van der Waals surface area contributed by atoms with Crippen molar-refractivity contribution in [3.63, 3.8) is 0 Å². The van der Waals surface area contributed by atoms with E-state index in [-0.39, 0.29) is 6.61 Å². The monoisotopic (exact) mass is 176 g/mol. The van der Waals surface area contributed by atoms with Gasteiger partial charge in [-0.05, 0) is 6.92 Å². The van der Waals surface area contributed by atoms with Crippen LogP contribution in [0.5, 0.6) is 0 Å². The smallest absolute Gasteiger partial charge is 0.415 e. The molecule has 70 valence electrons. The first-order valence-corrected chi connectivity index (χ1v) is 3.43. The number of ether oxygens (including phenoxy) is 1. The first kappa shape index (κ1) is 10.7. The highest BCUT2D eigenvalue weighted by Crippen LogP contribution is 1.89. The molecule has 1 atom stereocenters. The van der Waals surface area contributed by atoms with Gasteiger partial charge in [-0.1, -0.05) is 0 Å². The Hall–Kier alpha value is -1.30. The number of urea groups is 1. The van der Waals surface area contributed by atoms with E-state index in [4.69, 9.17) is 5.11 Å². The summed E-state index contributed by atoms with van der Waals surface area (Å²) in [5.41, 5.74) is 4.62. The maximum atomic E-state index is 10.5. The van der Waals surface area contributed by atoms with Crippen molar-refractivity contribution >= 4 is 12.1 Å². The molecule has 0 radical (unpaired) electrons. The zero-order chi connectivity index (χ0) is 9.56. The van der Waals surface area contributed by atoms with Gasteiger partial charge in [0.1, 0.15) is 0 Å². The van der Waals surface area contributed by atoms with Crippen molar-refractivity contribution in [3.05, 3.63) is 0 Å². The Kier molecular flexibility index (Phi) is 4.78. The molecular weight excluding hydrogens is 164 g/mol. The molecule has 0 spiro atoms. The highest BCUT2D eigenvalue weighted by atomic mass is 16.5. The van der Waals surface area contributed by atoms with Gasteiger partial charge in [0.15, 0.2) is 0 Å². The van der Waals surface area contributed by atoms with Gasteiger partial charge in [0, 0.05) is 6.42 Å². The van der Waals surface area contributed by atoms with Crippen LogP contribution in [0, 0.1) is 0 Å². The molecule has 0 saturated carbocycles. The van der Waals surface area contributed by atoms with Crippen LogP contribution in [0.2, 0.25) is 0 Å². The zero-order valence-electron chi connectivity index (χ0n) is 6.74. The van der Waals surface area contributed by atoms with Gasteiger partial charge in [-0.25, -0.2) is 14.9 Å². The van der Waals surface area contributed by atoms with Gasteiger partial charge in [-0.2, -0.15) is 0 Å². The van der Waals surface area contributed by atoms with E-state index < -0.39 is 18.2 Å². The van der Waals surface area contributed by atoms with Gasteiger partial charge in [0.2, 0.25) is 0 Å². The second-order valence-electron chi connectivity index (χ2n) is 2.26. The third-order valence-corrected chi connectivity index (χ3v) is 0.994. The molecular formula is C6H12N2O4. The molecule has 0 aromatic heterocycles. The molecule has 0 aliphatic rings. The number of nitrogens with one attached hydrogen (secondary N) is 1. The number of aliphatic hydroxyl groups is 1. The predicted octanol–water partition coefficient (Wildman–Crippen LogP) is -0.438. The van der Waals surface area contributed by atoms with Crippen LogP contribution in [0.4, 0.5) is 9.59 Å². The van der Waals surface area contributed by atoms with E-state index in [9.17, 15) is 9.59 Å².